The first-order chi connectivity index (χ1) is 24.3. The van der Waals surface area contributed by atoms with Gasteiger partial charge in [-0.2, -0.15) is 0 Å². The topological polar surface area (TPSA) is 166 Å². The molecule has 12 heteroatoms. The molecule has 0 radical (unpaired) electrons. The van der Waals surface area contributed by atoms with E-state index in [0.29, 0.717) is 33.9 Å². The lowest BCUT2D eigenvalue weighted by molar-refractivity contribution is -0.000672. The van der Waals surface area contributed by atoms with Crippen molar-refractivity contribution in [2.45, 2.75) is 24.2 Å². The van der Waals surface area contributed by atoms with E-state index in [-0.39, 0.29) is 35.4 Å². The molecule has 4 aromatic rings. The summed E-state index contributed by atoms with van der Waals surface area (Å²) >= 11 is 0. The van der Waals surface area contributed by atoms with Crippen LogP contribution in [0, 0.1) is 0 Å². The highest BCUT2D eigenvalue weighted by Gasteiger charge is 2.33. The molecule has 4 unspecified atom stereocenters. The second kappa shape index (κ2) is 18.0. The molecule has 50 heavy (non-hydrogen) atoms. The van der Waals surface area contributed by atoms with Crippen LogP contribution in [0.25, 0.3) is 6.08 Å². The van der Waals surface area contributed by atoms with Crippen molar-refractivity contribution >= 4 is 6.08 Å². The van der Waals surface area contributed by atoms with Crippen molar-refractivity contribution in [1.82, 2.24) is 0 Å². The lowest BCUT2D eigenvalue weighted by Crippen LogP contribution is -2.31. The Hall–Kier alpha value is -5.14. The van der Waals surface area contributed by atoms with Crippen molar-refractivity contribution in [2.24, 2.45) is 0 Å². The lowest BCUT2D eigenvalue weighted by Gasteiger charge is -2.30. The van der Waals surface area contributed by atoms with Gasteiger partial charge >= 0.3 is 0 Å². The van der Waals surface area contributed by atoms with E-state index >= 15 is 0 Å². The minimum absolute atomic E-state index is 0.0683. The third-order valence-electron chi connectivity index (χ3n) is 8.10. The molecule has 5 N–H and O–H groups in total. The van der Waals surface area contributed by atoms with Crippen LogP contribution in [0.4, 0.5) is 0 Å². The SMILES string of the molecule is COc1cc(C(c2ccc(/C=C/CO)cc2OC)C(CO)Oc2c(OC)cc(C(O)C(CO)Oc3ccccc3OC)cc2OC)ccc1O. The van der Waals surface area contributed by atoms with Crippen LogP contribution in [0.3, 0.4) is 0 Å². The van der Waals surface area contributed by atoms with Crippen molar-refractivity contribution in [3.63, 3.8) is 0 Å². The molecule has 4 rings (SSSR count). The van der Waals surface area contributed by atoms with Gasteiger partial charge in [0.2, 0.25) is 5.75 Å². The molecule has 0 aliphatic carbocycles. The molecule has 0 heterocycles. The number of hydrogen-bond acceptors (Lipinski definition) is 12. The molecule has 4 aromatic carbocycles. The standard InChI is InChI=1S/C38H44O12/c1-44-28-10-6-7-11-29(28)49-35(22-41)37(43)25-19-32(47-4)38(33(20-25)48-5)50-34(21-40)36(24-13-15-27(42)31(18-24)46-3)26-14-12-23(9-8-16-39)17-30(26)45-2/h6-15,17-20,34-37,39-43H,16,21-22H2,1-5H3/b9-8+. The largest absolute Gasteiger partial charge is 0.504 e. The monoisotopic (exact) mass is 692 g/mol. The van der Waals surface area contributed by atoms with Gasteiger partial charge < -0.3 is 58.7 Å². The molecule has 268 valence electrons. The summed E-state index contributed by atoms with van der Waals surface area (Å²) in [4.78, 5) is 0. The number of para-hydroxylation sites is 2. The number of aromatic hydroxyl groups is 1. The Kier molecular flexibility index (Phi) is 13.6. The first kappa shape index (κ1) is 37.7. The van der Waals surface area contributed by atoms with Gasteiger partial charge in [0.15, 0.2) is 40.6 Å². The van der Waals surface area contributed by atoms with Crippen LogP contribution >= 0.6 is 0 Å². The van der Waals surface area contributed by atoms with Gasteiger partial charge in [0, 0.05) is 5.56 Å². The van der Waals surface area contributed by atoms with Crippen molar-refractivity contribution in [3.8, 4) is 46.0 Å². The maximum atomic E-state index is 11.4. The third kappa shape index (κ3) is 8.52. The fourth-order valence-corrected chi connectivity index (χ4v) is 5.60. The zero-order valence-corrected chi connectivity index (χ0v) is 28.6. The molecule has 0 aliphatic heterocycles. The van der Waals surface area contributed by atoms with Gasteiger partial charge in [-0.1, -0.05) is 42.5 Å². The Balaban J connectivity index is 1.79. The molecule has 0 aliphatic rings. The molecule has 0 saturated carbocycles. The summed E-state index contributed by atoms with van der Waals surface area (Å²) in [5.41, 5.74) is 2.34. The molecule has 0 amide bonds. The minimum Gasteiger partial charge on any atom is -0.504 e. The molecule has 0 spiro atoms. The summed E-state index contributed by atoms with van der Waals surface area (Å²) in [5, 5.41) is 52.1. The maximum absolute atomic E-state index is 11.4. The molecule has 0 saturated heterocycles. The van der Waals surface area contributed by atoms with Gasteiger partial charge in [0.25, 0.3) is 0 Å². The smallest absolute Gasteiger partial charge is 0.203 e. The third-order valence-corrected chi connectivity index (χ3v) is 8.10. The van der Waals surface area contributed by atoms with E-state index in [1.165, 1.54) is 53.7 Å². The second-order valence-electron chi connectivity index (χ2n) is 11.0. The fraction of sp³-hybridized carbons (Fsp3) is 0.316. The number of phenolic OH excluding ortho intramolecular Hbond substituents is 1. The Morgan fingerprint density at radius 1 is 0.600 bits per heavy atom. The first-order valence-corrected chi connectivity index (χ1v) is 15.7. The highest BCUT2D eigenvalue weighted by atomic mass is 16.6. The van der Waals surface area contributed by atoms with Crippen LogP contribution in [0.1, 0.15) is 34.3 Å². The van der Waals surface area contributed by atoms with Crippen LogP contribution in [0.15, 0.2) is 78.9 Å². The van der Waals surface area contributed by atoms with Gasteiger partial charge in [-0.15, -0.1) is 0 Å². The van der Waals surface area contributed by atoms with Crippen LogP contribution < -0.4 is 33.2 Å². The van der Waals surface area contributed by atoms with Crippen molar-refractivity contribution in [1.29, 1.82) is 0 Å². The van der Waals surface area contributed by atoms with Crippen LogP contribution in [-0.2, 0) is 0 Å². The quantitative estimate of drug-likeness (QED) is 0.0994. The van der Waals surface area contributed by atoms with Gasteiger partial charge in [-0.05, 0) is 59.2 Å². The number of aliphatic hydroxyl groups is 4. The number of benzene rings is 4. The van der Waals surface area contributed by atoms with Gasteiger partial charge in [0.1, 0.15) is 18.0 Å². The molecule has 4 atom stereocenters. The van der Waals surface area contributed by atoms with Crippen LogP contribution in [-0.4, -0.2) is 93.1 Å². The van der Waals surface area contributed by atoms with Crippen molar-refractivity contribution in [2.75, 3.05) is 55.4 Å². The Morgan fingerprint density at radius 3 is 1.78 bits per heavy atom. The van der Waals surface area contributed by atoms with Crippen molar-refractivity contribution in [3.05, 3.63) is 101 Å². The highest BCUT2D eigenvalue weighted by Crippen LogP contribution is 2.45. The zero-order chi connectivity index (χ0) is 36.2. The molecule has 0 aromatic heterocycles. The number of rotatable bonds is 18. The normalized spacial score (nSPS) is 13.6. The Labute approximate surface area is 291 Å². The predicted molar refractivity (Wildman–Crippen MR) is 186 cm³/mol. The average molecular weight is 693 g/mol. The van der Waals surface area contributed by atoms with E-state index in [9.17, 15) is 25.5 Å². The molecular weight excluding hydrogens is 648 g/mol. The molecule has 12 nitrogen and oxygen atoms in total. The predicted octanol–water partition coefficient (Wildman–Crippen LogP) is 4.49. The summed E-state index contributed by atoms with van der Waals surface area (Å²) in [5.74, 6) is 1.17. The van der Waals surface area contributed by atoms with Crippen molar-refractivity contribution < 1.29 is 58.7 Å². The molecule has 0 fully saturated rings. The van der Waals surface area contributed by atoms with Crippen LogP contribution in [0.2, 0.25) is 0 Å². The number of hydrogen-bond donors (Lipinski definition) is 5. The van der Waals surface area contributed by atoms with Crippen LogP contribution in [0.5, 0.6) is 46.0 Å². The van der Waals surface area contributed by atoms with Gasteiger partial charge in [-0.3, -0.25) is 0 Å². The first-order valence-electron chi connectivity index (χ1n) is 15.7. The molecular formula is C38H44O12. The summed E-state index contributed by atoms with van der Waals surface area (Å²) < 4.78 is 40.4. The van der Waals surface area contributed by atoms with E-state index < -0.39 is 37.4 Å². The Morgan fingerprint density at radius 2 is 1.20 bits per heavy atom. The number of phenols is 1. The Bertz CT molecular complexity index is 1700. The van der Waals surface area contributed by atoms with Gasteiger partial charge in [-0.25, -0.2) is 0 Å². The van der Waals surface area contributed by atoms with E-state index in [1.807, 2.05) is 12.1 Å². The summed E-state index contributed by atoms with van der Waals surface area (Å²) in [6.45, 7) is -1.14. The lowest BCUT2D eigenvalue weighted by atomic mass is 9.85. The average Bonchev–Trinajstić information content (AvgIpc) is 3.16. The van der Waals surface area contributed by atoms with E-state index in [1.54, 1.807) is 54.6 Å². The summed E-state index contributed by atoms with van der Waals surface area (Å²) in [6.07, 6.45) is -0.0680. The highest BCUT2D eigenvalue weighted by molar-refractivity contribution is 5.58. The summed E-state index contributed by atoms with van der Waals surface area (Å²) in [6, 6.07) is 20.2. The van der Waals surface area contributed by atoms with E-state index in [2.05, 4.69) is 0 Å². The number of aliphatic hydroxyl groups excluding tert-OH is 4. The fourth-order valence-electron chi connectivity index (χ4n) is 5.60. The number of ether oxygens (including phenoxy) is 7. The van der Waals surface area contributed by atoms with E-state index in [0.717, 1.165) is 5.56 Å². The zero-order valence-electron chi connectivity index (χ0n) is 28.6. The van der Waals surface area contributed by atoms with Gasteiger partial charge in [0.05, 0.1) is 61.3 Å². The van der Waals surface area contributed by atoms with E-state index in [4.69, 9.17) is 33.2 Å². The minimum atomic E-state index is -1.34. The second-order valence-corrected chi connectivity index (χ2v) is 11.0. The maximum Gasteiger partial charge on any atom is 0.203 e. The number of methoxy groups -OCH3 is 5. The summed E-state index contributed by atoms with van der Waals surface area (Å²) in [7, 11) is 7.29. The molecule has 0 bridgehead atoms.